The fourth-order valence-electron chi connectivity index (χ4n) is 2.33. The van der Waals surface area contributed by atoms with Gasteiger partial charge >= 0.3 is 0 Å². The molecule has 0 spiro atoms. The van der Waals surface area contributed by atoms with Crippen LogP contribution in [0.5, 0.6) is 0 Å². The maximum absolute atomic E-state index is 3.76. The molecule has 0 bridgehead atoms. The van der Waals surface area contributed by atoms with Crippen molar-refractivity contribution in [3.63, 3.8) is 0 Å². The van der Waals surface area contributed by atoms with E-state index in [4.69, 9.17) is 0 Å². The third kappa shape index (κ3) is 2.86. The highest BCUT2D eigenvalue weighted by Crippen LogP contribution is 2.36. The Balaban J connectivity index is 2.00. The topological polar surface area (TPSA) is 12.0 Å². The molecule has 1 saturated carbocycles. The number of halogens is 1. The first-order valence-electron chi connectivity index (χ1n) is 6.26. The van der Waals surface area contributed by atoms with E-state index in [0.717, 1.165) is 18.4 Å². The molecular weight excluding hydrogens is 262 g/mol. The van der Waals surface area contributed by atoms with E-state index in [1.54, 1.807) is 0 Å². The molecule has 1 aliphatic rings. The summed E-state index contributed by atoms with van der Waals surface area (Å²) >= 11 is 3.54. The molecule has 0 aliphatic heterocycles. The van der Waals surface area contributed by atoms with Gasteiger partial charge in [-0.25, -0.2) is 0 Å². The number of benzene rings is 1. The van der Waals surface area contributed by atoms with Gasteiger partial charge in [-0.3, -0.25) is 0 Å². The summed E-state index contributed by atoms with van der Waals surface area (Å²) in [5, 5.41) is 3.76. The Morgan fingerprint density at radius 1 is 1.44 bits per heavy atom. The molecule has 1 aromatic rings. The fraction of sp³-hybridized carbons (Fsp3) is 0.571. The van der Waals surface area contributed by atoms with Crippen LogP contribution in [0, 0.1) is 5.92 Å². The highest BCUT2D eigenvalue weighted by molar-refractivity contribution is 9.10. The van der Waals surface area contributed by atoms with Gasteiger partial charge in [-0.2, -0.15) is 0 Å². The van der Waals surface area contributed by atoms with Crippen LogP contribution in [0.1, 0.15) is 44.7 Å². The Morgan fingerprint density at radius 3 is 2.81 bits per heavy atom. The first-order valence-corrected chi connectivity index (χ1v) is 7.05. The summed E-state index contributed by atoms with van der Waals surface area (Å²) in [6.45, 7) is 4.54. The third-order valence-electron chi connectivity index (χ3n) is 3.52. The van der Waals surface area contributed by atoms with Crippen molar-refractivity contribution < 1.29 is 0 Å². The van der Waals surface area contributed by atoms with E-state index in [1.807, 2.05) is 0 Å². The molecular formula is C14H20BrN. The molecule has 0 radical (unpaired) electrons. The highest BCUT2D eigenvalue weighted by atomic mass is 79.9. The first-order chi connectivity index (χ1) is 7.74. The monoisotopic (exact) mass is 281 g/mol. The second-order valence-electron chi connectivity index (χ2n) is 4.69. The van der Waals surface area contributed by atoms with E-state index in [1.165, 1.54) is 22.9 Å². The summed E-state index contributed by atoms with van der Waals surface area (Å²) in [6.07, 6.45) is 3.83. The van der Waals surface area contributed by atoms with Crippen molar-refractivity contribution >= 4 is 15.9 Å². The van der Waals surface area contributed by atoms with Gasteiger partial charge in [0.1, 0.15) is 0 Å². The van der Waals surface area contributed by atoms with Crippen molar-refractivity contribution in [2.75, 3.05) is 0 Å². The lowest BCUT2D eigenvalue weighted by Crippen LogP contribution is -2.24. The summed E-state index contributed by atoms with van der Waals surface area (Å²) in [4.78, 5) is 0. The molecule has 1 aliphatic carbocycles. The van der Waals surface area contributed by atoms with Gasteiger partial charge in [0, 0.05) is 16.6 Å². The van der Waals surface area contributed by atoms with Crippen LogP contribution in [0.3, 0.4) is 0 Å². The zero-order chi connectivity index (χ0) is 11.5. The van der Waals surface area contributed by atoms with Crippen molar-refractivity contribution in [3.8, 4) is 0 Å². The Hall–Kier alpha value is -0.340. The van der Waals surface area contributed by atoms with Crippen molar-refractivity contribution in [3.05, 3.63) is 34.3 Å². The number of hydrogen-bond donors (Lipinski definition) is 1. The molecule has 2 heteroatoms. The zero-order valence-corrected chi connectivity index (χ0v) is 11.6. The van der Waals surface area contributed by atoms with Crippen molar-refractivity contribution in [1.29, 1.82) is 0 Å². The molecule has 1 N–H and O–H groups in total. The SMILES string of the molecule is CCC(NC1CC1CC)c1cccc(Br)c1. The summed E-state index contributed by atoms with van der Waals surface area (Å²) < 4.78 is 1.17. The van der Waals surface area contributed by atoms with E-state index in [2.05, 4.69) is 59.4 Å². The molecule has 3 atom stereocenters. The van der Waals surface area contributed by atoms with Crippen LogP contribution in [0.25, 0.3) is 0 Å². The predicted octanol–water partition coefficient (Wildman–Crippen LogP) is 4.29. The minimum Gasteiger partial charge on any atom is -0.307 e. The van der Waals surface area contributed by atoms with Crippen LogP contribution < -0.4 is 5.32 Å². The van der Waals surface area contributed by atoms with Gasteiger partial charge in [0.15, 0.2) is 0 Å². The molecule has 88 valence electrons. The lowest BCUT2D eigenvalue weighted by molar-refractivity contribution is 0.494. The maximum atomic E-state index is 3.76. The van der Waals surface area contributed by atoms with Crippen LogP contribution in [0.15, 0.2) is 28.7 Å². The van der Waals surface area contributed by atoms with E-state index >= 15 is 0 Å². The predicted molar refractivity (Wildman–Crippen MR) is 72.5 cm³/mol. The lowest BCUT2D eigenvalue weighted by atomic mass is 10.0. The van der Waals surface area contributed by atoms with E-state index in [0.29, 0.717) is 6.04 Å². The molecule has 0 heterocycles. The van der Waals surface area contributed by atoms with Crippen LogP contribution in [-0.2, 0) is 0 Å². The minimum absolute atomic E-state index is 0.513. The molecule has 1 aromatic carbocycles. The molecule has 0 saturated heterocycles. The highest BCUT2D eigenvalue weighted by Gasteiger charge is 2.36. The quantitative estimate of drug-likeness (QED) is 0.849. The van der Waals surface area contributed by atoms with Crippen LogP contribution in [0.2, 0.25) is 0 Å². The molecule has 1 fully saturated rings. The molecule has 3 unspecified atom stereocenters. The Bertz CT molecular complexity index is 350. The van der Waals surface area contributed by atoms with Gasteiger partial charge in [0.25, 0.3) is 0 Å². The zero-order valence-electron chi connectivity index (χ0n) is 10.0. The maximum Gasteiger partial charge on any atom is 0.0320 e. The van der Waals surface area contributed by atoms with Crippen LogP contribution in [0.4, 0.5) is 0 Å². The first kappa shape index (κ1) is 12.1. The Labute approximate surface area is 107 Å². The van der Waals surface area contributed by atoms with Crippen molar-refractivity contribution in [2.45, 2.75) is 45.2 Å². The van der Waals surface area contributed by atoms with Crippen LogP contribution >= 0.6 is 15.9 Å². The van der Waals surface area contributed by atoms with Gasteiger partial charge in [-0.15, -0.1) is 0 Å². The standard InChI is InChI=1S/C14H20BrN/c1-3-10-9-14(10)16-13(4-2)11-6-5-7-12(15)8-11/h5-8,10,13-14,16H,3-4,9H2,1-2H3. The molecule has 16 heavy (non-hydrogen) atoms. The second-order valence-corrected chi connectivity index (χ2v) is 5.61. The Morgan fingerprint density at radius 2 is 2.25 bits per heavy atom. The van der Waals surface area contributed by atoms with Crippen LogP contribution in [-0.4, -0.2) is 6.04 Å². The Kier molecular flexibility index (Phi) is 4.04. The van der Waals surface area contributed by atoms with E-state index < -0.39 is 0 Å². The lowest BCUT2D eigenvalue weighted by Gasteiger charge is -2.17. The second kappa shape index (κ2) is 5.33. The van der Waals surface area contributed by atoms with Crippen molar-refractivity contribution in [1.82, 2.24) is 5.32 Å². The number of hydrogen-bond acceptors (Lipinski definition) is 1. The summed E-state index contributed by atoms with van der Waals surface area (Å²) in [6, 6.07) is 9.92. The molecule has 0 amide bonds. The molecule has 2 rings (SSSR count). The van der Waals surface area contributed by atoms with E-state index in [9.17, 15) is 0 Å². The summed E-state index contributed by atoms with van der Waals surface area (Å²) in [5.41, 5.74) is 1.40. The van der Waals surface area contributed by atoms with Gasteiger partial charge < -0.3 is 5.32 Å². The van der Waals surface area contributed by atoms with Gasteiger partial charge in [-0.1, -0.05) is 48.3 Å². The smallest absolute Gasteiger partial charge is 0.0320 e. The summed E-state index contributed by atoms with van der Waals surface area (Å²) in [7, 11) is 0. The average Bonchev–Trinajstić information content (AvgIpc) is 3.04. The van der Waals surface area contributed by atoms with E-state index in [-0.39, 0.29) is 0 Å². The number of rotatable bonds is 5. The van der Waals surface area contributed by atoms with Gasteiger partial charge in [0.05, 0.1) is 0 Å². The normalized spacial score (nSPS) is 25.4. The summed E-state index contributed by atoms with van der Waals surface area (Å²) in [5.74, 6) is 0.918. The largest absolute Gasteiger partial charge is 0.307 e. The molecule has 1 nitrogen and oxygen atoms in total. The fourth-order valence-corrected chi connectivity index (χ4v) is 2.75. The molecule has 0 aromatic heterocycles. The minimum atomic E-state index is 0.513. The third-order valence-corrected chi connectivity index (χ3v) is 4.01. The van der Waals surface area contributed by atoms with Crippen molar-refractivity contribution in [2.24, 2.45) is 5.92 Å². The van der Waals surface area contributed by atoms with Gasteiger partial charge in [-0.05, 0) is 36.5 Å². The average molecular weight is 282 g/mol. The van der Waals surface area contributed by atoms with Gasteiger partial charge in [0.2, 0.25) is 0 Å². The number of nitrogens with one attached hydrogen (secondary N) is 1.